The third kappa shape index (κ3) is 4.18. The maximum absolute atomic E-state index is 12.8. The van der Waals surface area contributed by atoms with E-state index in [0.29, 0.717) is 17.1 Å². The van der Waals surface area contributed by atoms with Crippen LogP contribution in [0.15, 0.2) is 65.7 Å². The zero-order valence-electron chi connectivity index (χ0n) is 15.4. The Bertz CT molecular complexity index is 915. The number of hydrogen-bond donors (Lipinski definition) is 0. The molecule has 0 aromatic heterocycles. The van der Waals surface area contributed by atoms with Crippen molar-refractivity contribution < 1.29 is 17.9 Å². The van der Waals surface area contributed by atoms with Crippen LogP contribution in [-0.2, 0) is 0 Å². The van der Waals surface area contributed by atoms with E-state index in [1.165, 1.54) is 0 Å². The quantitative estimate of drug-likeness (QED) is 0.534. The van der Waals surface area contributed by atoms with Crippen molar-refractivity contribution in [1.29, 1.82) is 5.26 Å². The molecule has 1 fully saturated rings. The number of rotatable bonds is 5. The first kappa shape index (κ1) is 20.3. The highest BCUT2D eigenvalue weighted by molar-refractivity contribution is 6.30. The first-order valence-electron chi connectivity index (χ1n) is 8.81. The van der Waals surface area contributed by atoms with Gasteiger partial charge in [0.05, 0.1) is 12.0 Å². The fraction of sp³-hybridized carbons (Fsp3) is 0.318. The summed E-state index contributed by atoms with van der Waals surface area (Å²) < 4.78 is 44.2. The molecule has 146 valence electrons. The first-order valence-corrected chi connectivity index (χ1v) is 9.19. The van der Waals surface area contributed by atoms with Crippen molar-refractivity contribution in [2.24, 2.45) is 17.3 Å². The second kappa shape index (κ2) is 7.52. The van der Waals surface area contributed by atoms with E-state index in [-0.39, 0.29) is 5.92 Å². The Morgan fingerprint density at radius 1 is 1.14 bits per heavy atom. The molecule has 3 atom stereocenters. The summed E-state index contributed by atoms with van der Waals surface area (Å²) in [6.07, 6.45) is -3.53. The number of nitrogens with zero attached hydrogens (tertiary/aromatic N) is 1. The molecule has 3 rings (SSSR count). The van der Waals surface area contributed by atoms with E-state index in [1.807, 2.05) is 44.2 Å². The molecular weight excluding hydrogens is 387 g/mol. The van der Waals surface area contributed by atoms with Gasteiger partial charge in [-0.05, 0) is 47.1 Å². The van der Waals surface area contributed by atoms with Crippen LogP contribution in [0, 0.1) is 28.6 Å². The number of benzene rings is 2. The van der Waals surface area contributed by atoms with E-state index in [1.54, 1.807) is 24.3 Å². The van der Waals surface area contributed by atoms with E-state index in [9.17, 15) is 18.4 Å². The van der Waals surface area contributed by atoms with Crippen molar-refractivity contribution >= 4 is 11.6 Å². The molecule has 1 saturated carbocycles. The lowest BCUT2D eigenvalue weighted by Gasteiger charge is -2.13. The van der Waals surface area contributed by atoms with Crippen molar-refractivity contribution in [2.75, 3.05) is 0 Å². The van der Waals surface area contributed by atoms with Gasteiger partial charge in [-0.2, -0.15) is 18.4 Å². The first-order chi connectivity index (χ1) is 13.1. The summed E-state index contributed by atoms with van der Waals surface area (Å²) in [6, 6.07) is 18.6. The number of halogens is 4. The van der Waals surface area contributed by atoms with Gasteiger partial charge >= 0.3 is 6.18 Å². The van der Waals surface area contributed by atoms with Crippen LogP contribution in [0.25, 0.3) is 0 Å². The minimum atomic E-state index is -4.57. The SMILES string of the molecule is CC1(C)[C@H](/C=C(\Cl)C(F)(F)F)[C@@H]1C(C#N)c1cccc(Oc2ccccc2)c1. The monoisotopic (exact) mass is 405 g/mol. The second-order valence-corrected chi connectivity index (χ2v) is 7.89. The number of alkyl halides is 3. The standard InChI is InChI=1S/C22H19ClF3NO/c1-21(2)18(12-19(23)22(24,25)26)20(21)17(13-27)14-7-6-10-16(11-14)28-15-8-4-3-5-9-15/h3-12,17-18,20H,1-2H3/b19-12-/t17?,18-,20+/m1/s1. The lowest BCUT2D eigenvalue weighted by Crippen LogP contribution is -2.07. The minimum absolute atomic E-state index is 0.263. The van der Waals surface area contributed by atoms with Crippen LogP contribution in [0.4, 0.5) is 13.2 Å². The molecule has 0 amide bonds. The molecule has 0 aliphatic heterocycles. The van der Waals surface area contributed by atoms with Gasteiger partial charge in [-0.1, -0.05) is 61.9 Å². The zero-order valence-corrected chi connectivity index (χ0v) is 16.1. The maximum atomic E-state index is 12.8. The molecule has 2 nitrogen and oxygen atoms in total. The number of hydrogen-bond acceptors (Lipinski definition) is 2. The molecule has 2 aromatic carbocycles. The Hall–Kier alpha value is -2.45. The molecular formula is C22H19ClF3NO. The molecule has 0 radical (unpaired) electrons. The Balaban J connectivity index is 1.84. The molecule has 28 heavy (non-hydrogen) atoms. The van der Waals surface area contributed by atoms with Crippen LogP contribution in [0.5, 0.6) is 11.5 Å². The van der Waals surface area contributed by atoms with Gasteiger partial charge < -0.3 is 4.74 Å². The highest BCUT2D eigenvalue weighted by Crippen LogP contribution is 2.65. The average Bonchev–Trinajstić information content (AvgIpc) is 3.16. The predicted octanol–water partition coefficient (Wildman–Crippen LogP) is 7.04. The van der Waals surface area contributed by atoms with Crippen molar-refractivity contribution in [2.45, 2.75) is 25.9 Å². The van der Waals surface area contributed by atoms with Gasteiger partial charge in [0, 0.05) is 0 Å². The third-order valence-electron chi connectivity index (χ3n) is 5.29. The average molecular weight is 406 g/mol. The summed E-state index contributed by atoms with van der Waals surface area (Å²) in [6.45, 7) is 3.71. The molecule has 1 aliphatic carbocycles. The Labute approximate surface area is 167 Å². The van der Waals surface area contributed by atoms with Gasteiger partial charge in [0.1, 0.15) is 16.5 Å². The molecule has 0 heterocycles. The number of allylic oxidation sites excluding steroid dienone is 2. The molecule has 6 heteroatoms. The third-order valence-corrected chi connectivity index (χ3v) is 5.63. The van der Waals surface area contributed by atoms with Crippen LogP contribution >= 0.6 is 11.6 Å². The van der Waals surface area contributed by atoms with Crippen molar-refractivity contribution in [3.63, 3.8) is 0 Å². The van der Waals surface area contributed by atoms with Gasteiger partial charge in [0.15, 0.2) is 0 Å². The van der Waals surface area contributed by atoms with E-state index < -0.39 is 28.5 Å². The largest absolute Gasteiger partial charge is 0.457 e. The number of nitriles is 1. The van der Waals surface area contributed by atoms with Crippen molar-refractivity contribution in [3.8, 4) is 17.6 Å². The second-order valence-electron chi connectivity index (χ2n) is 7.48. The van der Waals surface area contributed by atoms with E-state index in [4.69, 9.17) is 16.3 Å². The van der Waals surface area contributed by atoms with Gasteiger partial charge in [0.2, 0.25) is 0 Å². The lowest BCUT2D eigenvalue weighted by molar-refractivity contribution is -0.0848. The van der Waals surface area contributed by atoms with Crippen LogP contribution < -0.4 is 4.74 Å². The molecule has 0 N–H and O–H groups in total. The summed E-state index contributed by atoms with van der Waals surface area (Å²) >= 11 is 5.43. The zero-order chi connectivity index (χ0) is 20.5. The molecule has 1 aliphatic rings. The molecule has 0 saturated heterocycles. The minimum Gasteiger partial charge on any atom is -0.457 e. The van der Waals surface area contributed by atoms with Crippen molar-refractivity contribution in [3.05, 3.63) is 71.3 Å². The van der Waals surface area contributed by atoms with Crippen molar-refractivity contribution in [1.82, 2.24) is 0 Å². The molecule has 0 bridgehead atoms. The van der Waals surface area contributed by atoms with E-state index in [2.05, 4.69) is 6.07 Å². The highest BCUT2D eigenvalue weighted by atomic mass is 35.5. The topological polar surface area (TPSA) is 33.0 Å². The predicted molar refractivity (Wildman–Crippen MR) is 102 cm³/mol. The lowest BCUT2D eigenvalue weighted by atomic mass is 9.91. The Morgan fingerprint density at radius 2 is 1.79 bits per heavy atom. The molecule has 1 unspecified atom stereocenters. The van der Waals surface area contributed by atoms with E-state index in [0.717, 1.165) is 6.08 Å². The molecule has 2 aromatic rings. The summed E-state index contributed by atoms with van der Waals surface area (Å²) in [5.41, 5.74) is 0.260. The fourth-order valence-electron chi connectivity index (χ4n) is 3.68. The summed E-state index contributed by atoms with van der Waals surface area (Å²) in [5.74, 6) is -0.0145. The normalized spacial score (nSPS) is 22.2. The van der Waals surface area contributed by atoms with Crippen LogP contribution in [0.3, 0.4) is 0 Å². The van der Waals surface area contributed by atoms with Gasteiger partial charge in [0.25, 0.3) is 0 Å². The fourth-order valence-corrected chi connectivity index (χ4v) is 3.82. The Morgan fingerprint density at radius 3 is 2.39 bits per heavy atom. The highest BCUT2D eigenvalue weighted by Gasteiger charge is 2.60. The van der Waals surface area contributed by atoms with Gasteiger partial charge in [-0.3, -0.25) is 0 Å². The van der Waals surface area contributed by atoms with Crippen LogP contribution in [-0.4, -0.2) is 6.18 Å². The smallest absolute Gasteiger partial charge is 0.426 e. The summed E-state index contributed by atoms with van der Waals surface area (Å²) in [4.78, 5) is 0. The number of ether oxygens (including phenoxy) is 1. The maximum Gasteiger partial charge on any atom is 0.426 e. The van der Waals surface area contributed by atoms with Crippen LogP contribution in [0.2, 0.25) is 0 Å². The molecule has 0 spiro atoms. The van der Waals surface area contributed by atoms with Crippen LogP contribution in [0.1, 0.15) is 25.3 Å². The Kier molecular flexibility index (Phi) is 5.45. The summed E-state index contributed by atoms with van der Waals surface area (Å²) in [7, 11) is 0. The van der Waals surface area contributed by atoms with Gasteiger partial charge in [-0.15, -0.1) is 0 Å². The summed E-state index contributed by atoms with van der Waals surface area (Å²) in [5, 5.41) is 8.61. The number of para-hydroxylation sites is 1. The van der Waals surface area contributed by atoms with Gasteiger partial charge in [-0.25, -0.2) is 0 Å². The van der Waals surface area contributed by atoms with E-state index >= 15 is 0 Å².